The van der Waals surface area contributed by atoms with E-state index in [9.17, 15) is 14.9 Å². The normalized spacial score (nSPS) is 19.7. The standard InChI is InChI=1S/C26H31N5O2/c1-20-6-5-9-23(16-20)28-26(33)29-12-10-22(11-13-29)25(32)31-15-14-30(24(17-27)19-31)18-21-7-3-2-4-8-21/h2-9,16,22,24H,10-15,18-19H2,1H3,(H,28,33). The Morgan fingerprint density at radius 1 is 1.00 bits per heavy atom. The highest BCUT2D eigenvalue weighted by Crippen LogP contribution is 2.23. The number of likely N-dealkylation sites (tertiary alicyclic amines) is 1. The second-order valence-corrected chi connectivity index (χ2v) is 8.95. The average molecular weight is 446 g/mol. The highest BCUT2D eigenvalue weighted by atomic mass is 16.2. The molecule has 1 unspecified atom stereocenters. The molecule has 4 rings (SSSR count). The van der Waals surface area contributed by atoms with Crippen LogP contribution in [0.3, 0.4) is 0 Å². The summed E-state index contributed by atoms with van der Waals surface area (Å²) in [5.74, 6) is 0.0291. The molecule has 1 N–H and O–H groups in total. The molecule has 0 saturated carbocycles. The van der Waals surface area contributed by atoms with Crippen molar-refractivity contribution < 1.29 is 9.59 Å². The average Bonchev–Trinajstić information content (AvgIpc) is 2.84. The first-order chi connectivity index (χ1) is 16.0. The number of carbonyl (C=O) groups is 2. The van der Waals surface area contributed by atoms with Crippen LogP contribution in [0.15, 0.2) is 54.6 Å². The second kappa shape index (κ2) is 10.5. The van der Waals surface area contributed by atoms with Gasteiger partial charge >= 0.3 is 6.03 Å². The molecule has 2 heterocycles. The van der Waals surface area contributed by atoms with Gasteiger partial charge in [-0.1, -0.05) is 42.5 Å². The lowest BCUT2D eigenvalue weighted by atomic mass is 9.94. The zero-order valence-electron chi connectivity index (χ0n) is 19.1. The van der Waals surface area contributed by atoms with Gasteiger partial charge in [0.1, 0.15) is 6.04 Å². The zero-order chi connectivity index (χ0) is 23.2. The van der Waals surface area contributed by atoms with Crippen molar-refractivity contribution in [2.75, 3.05) is 38.0 Å². The number of aryl methyl sites for hydroxylation is 1. The number of nitriles is 1. The molecule has 0 spiro atoms. The zero-order valence-corrected chi connectivity index (χ0v) is 19.1. The number of anilines is 1. The predicted octanol–water partition coefficient (Wildman–Crippen LogP) is 3.48. The molecule has 2 aliphatic rings. The smallest absolute Gasteiger partial charge is 0.321 e. The van der Waals surface area contributed by atoms with Gasteiger partial charge < -0.3 is 15.1 Å². The molecular weight excluding hydrogens is 414 g/mol. The Kier molecular flexibility index (Phi) is 7.26. The van der Waals surface area contributed by atoms with E-state index in [-0.39, 0.29) is 23.9 Å². The van der Waals surface area contributed by atoms with E-state index in [0.29, 0.717) is 45.6 Å². The van der Waals surface area contributed by atoms with E-state index in [1.807, 2.05) is 54.3 Å². The molecule has 7 heteroatoms. The first-order valence-corrected chi connectivity index (χ1v) is 11.6. The van der Waals surface area contributed by atoms with Crippen LogP contribution in [0, 0.1) is 24.2 Å². The molecule has 2 aromatic carbocycles. The number of nitrogens with one attached hydrogen (secondary N) is 1. The van der Waals surface area contributed by atoms with Gasteiger partial charge in [-0.2, -0.15) is 5.26 Å². The summed E-state index contributed by atoms with van der Waals surface area (Å²) in [7, 11) is 0. The summed E-state index contributed by atoms with van der Waals surface area (Å²) in [5, 5.41) is 12.7. The summed E-state index contributed by atoms with van der Waals surface area (Å²) in [5.41, 5.74) is 3.06. The number of piperazine rings is 1. The Balaban J connectivity index is 1.27. The predicted molar refractivity (Wildman–Crippen MR) is 127 cm³/mol. The molecule has 3 amide bonds. The summed E-state index contributed by atoms with van der Waals surface area (Å²) < 4.78 is 0. The van der Waals surface area contributed by atoms with Crippen LogP contribution in [-0.4, -0.2) is 65.4 Å². The van der Waals surface area contributed by atoms with Crippen LogP contribution in [0.1, 0.15) is 24.0 Å². The number of benzene rings is 2. The molecule has 0 aromatic heterocycles. The summed E-state index contributed by atoms with van der Waals surface area (Å²) in [4.78, 5) is 31.5. The number of carbonyl (C=O) groups excluding carboxylic acids is 2. The minimum atomic E-state index is -0.303. The molecule has 7 nitrogen and oxygen atoms in total. The van der Waals surface area contributed by atoms with Gasteiger partial charge in [-0.3, -0.25) is 9.69 Å². The van der Waals surface area contributed by atoms with E-state index in [0.717, 1.165) is 17.8 Å². The first kappa shape index (κ1) is 22.8. The molecule has 0 radical (unpaired) electrons. The third-order valence-electron chi connectivity index (χ3n) is 6.58. The van der Waals surface area contributed by atoms with Gasteiger partial charge in [-0.05, 0) is 43.0 Å². The van der Waals surface area contributed by atoms with Crippen molar-refractivity contribution >= 4 is 17.6 Å². The Labute approximate surface area is 195 Å². The molecule has 0 bridgehead atoms. The van der Waals surface area contributed by atoms with Crippen molar-refractivity contribution in [3.8, 4) is 6.07 Å². The lowest BCUT2D eigenvalue weighted by Gasteiger charge is -2.40. The van der Waals surface area contributed by atoms with Crippen molar-refractivity contribution in [2.45, 2.75) is 32.4 Å². The van der Waals surface area contributed by atoms with E-state index in [4.69, 9.17) is 0 Å². The van der Waals surface area contributed by atoms with Crippen molar-refractivity contribution in [1.29, 1.82) is 5.26 Å². The van der Waals surface area contributed by atoms with E-state index in [1.54, 1.807) is 4.90 Å². The Morgan fingerprint density at radius 3 is 2.45 bits per heavy atom. The maximum Gasteiger partial charge on any atom is 0.321 e. The van der Waals surface area contributed by atoms with Crippen LogP contribution in [0.5, 0.6) is 0 Å². The lowest BCUT2D eigenvalue weighted by Crippen LogP contribution is -2.55. The minimum Gasteiger partial charge on any atom is -0.339 e. The van der Waals surface area contributed by atoms with Gasteiger partial charge in [0.2, 0.25) is 5.91 Å². The monoisotopic (exact) mass is 445 g/mol. The third-order valence-corrected chi connectivity index (χ3v) is 6.58. The second-order valence-electron chi connectivity index (χ2n) is 8.95. The Morgan fingerprint density at radius 2 is 1.76 bits per heavy atom. The van der Waals surface area contributed by atoms with Gasteiger partial charge in [0.25, 0.3) is 0 Å². The van der Waals surface area contributed by atoms with Crippen molar-refractivity contribution in [2.24, 2.45) is 5.92 Å². The number of urea groups is 1. The van der Waals surface area contributed by atoms with Crippen LogP contribution < -0.4 is 5.32 Å². The molecule has 2 aliphatic heterocycles. The van der Waals surface area contributed by atoms with Gasteiger partial charge in [0.05, 0.1) is 6.07 Å². The van der Waals surface area contributed by atoms with Gasteiger partial charge in [-0.25, -0.2) is 4.79 Å². The molecule has 33 heavy (non-hydrogen) atoms. The fraction of sp³-hybridized carbons (Fsp3) is 0.423. The number of amides is 3. The number of piperidine rings is 1. The summed E-state index contributed by atoms with van der Waals surface area (Å²) in [6, 6.07) is 19.8. The van der Waals surface area contributed by atoms with Crippen LogP contribution in [0.4, 0.5) is 10.5 Å². The first-order valence-electron chi connectivity index (χ1n) is 11.6. The highest BCUT2D eigenvalue weighted by Gasteiger charge is 2.34. The van der Waals surface area contributed by atoms with Gasteiger partial charge in [-0.15, -0.1) is 0 Å². The molecule has 2 saturated heterocycles. The lowest BCUT2D eigenvalue weighted by molar-refractivity contribution is -0.139. The SMILES string of the molecule is Cc1cccc(NC(=O)N2CCC(C(=O)N3CCN(Cc4ccccc4)C(C#N)C3)CC2)c1. The Bertz CT molecular complexity index is 1010. The summed E-state index contributed by atoms with van der Waals surface area (Å²) in [6.07, 6.45) is 1.31. The molecule has 0 aliphatic carbocycles. The molecule has 2 aromatic rings. The van der Waals surface area contributed by atoms with E-state index in [2.05, 4.69) is 28.4 Å². The molecule has 1 atom stereocenters. The fourth-order valence-corrected chi connectivity index (χ4v) is 4.66. The number of hydrogen-bond donors (Lipinski definition) is 1. The fourth-order valence-electron chi connectivity index (χ4n) is 4.66. The van der Waals surface area contributed by atoms with Crippen LogP contribution >= 0.6 is 0 Å². The molecule has 172 valence electrons. The van der Waals surface area contributed by atoms with E-state index in [1.165, 1.54) is 5.56 Å². The van der Waals surface area contributed by atoms with E-state index < -0.39 is 0 Å². The maximum atomic E-state index is 13.2. The Hall–Kier alpha value is -3.37. The van der Waals surface area contributed by atoms with Crippen LogP contribution in [0.25, 0.3) is 0 Å². The van der Waals surface area contributed by atoms with Gasteiger partial charge in [0, 0.05) is 50.9 Å². The van der Waals surface area contributed by atoms with Crippen LogP contribution in [0.2, 0.25) is 0 Å². The number of nitrogens with zero attached hydrogens (tertiary/aromatic N) is 4. The minimum absolute atomic E-state index is 0.0898. The topological polar surface area (TPSA) is 79.7 Å². The van der Waals surface area contributed by atoms with Crippen molar-refractivity contribution in [3.63, 3.8) is 0 Å². The highest BCUT2D eigenvalue weighted by molar-refractivity contribution is 5.89. The summed E-state index contributed by atoms with van der Waals surface area (Å²) >= 11 is 0. The summed E-state index contributed by atoms with van der Waals surface area (Å²) in [6.45, 7) is 5.60. The van der Waals surface area contributed by atoms with Crippen molar-refractivity contribution in [3.05, 3.63) is 65.7 Å². The number of rotatable bonds is 4. The molecular formula is C26H31N5O2. The molecule has 2 fully saturated rings. The van der Waals surface area contributed by atoms with Crippen LogP contribution in [-0.2, 0) is 11.3 Å². The largest absolute Gasteiger partial charge is 0.339 e. The van der Waals surface area contributed by atoms with Gasteiger partial charge in [0.15, 0.2) is 0 Å². The maximum absolute atomic E-state index is 13.2. The number of hydrogen-bond acceptors (Lipinski definition) is 4. The van der Waals surface area contributed by atoms with E-state index >= 15 is 0 Å². The third kappa shape index (κ3) is 5.71. The van der Waals surface area contributed by atoms with Crippen molar-refractivity contribution in [1.82, 2.24) is 14.7 Å². The quantitative estimate of drug-likeness (QED) is 0.782.